The summed E-state index contributed by atoms with van der Waals surface area (Å²) in [7, 11) is 4.36. The molecule has 0 saturated carbocycles. The molecular weight excluding hydrogens is 411 g/mol. The lowest BCUT2D eigenvalue weighted by atomic mass is 10.1. The quantitative estimate of drug-likeness (QED) is 0.511. The Labute approximate surface area is 166 Å². The maximum atomic E-state index is 13.2. The molecule has 13 nitrogen and oxygen atoms in total. The number of aromatic nitrogens is 9. The van der Waals surface area contributed by atoms with E-state index in [2.05, 4.69) is 41.2 Å². The van der Waals surface area contributed by atoms with E-state index in [0.29, 0.717) is 6.07 Å². The van der Waals surface area contributed by atoms with Crippen molar-refractivity contribution in [1.29, 1.82) is 0 Å². The third-order valence-electron chi connectivity index (χ3n) is 3.81. The van der Waals surface area contributed by atoms with Gasteiger partial charge in [0.1, 0.15) is 5.69 Å². The summed E-state index contributed by atoms with van der Waals surface area (Å²) in [5.74, 6) is -0.460. The molecule has 3 aromatic rings. The number of amides is 1. The molecule has 1 N–H and O–H groups in total. The number of nitrogens with zero attached hydrogens (tertiary/aromatic N) is 10. The maximum absolute atomic E-state index is 13.2. The van der Waals surface area contributed by atoms with Gasteiger partial charge in [-0.15, -0.1) is 10.2 Å². The molecule has 16 heteroatoms. The Hall–Kier alpha value is -3.53. The molecule has 0 aliphatic rings. The molecule has 0 bridgehead atoms. The number of hydrogen-bond acceptors (Lipinski definition) is 10. The van der Waals surface area contributed by atoms with E-state index in [0.717, 1.165) is 6.07 Å². The van der Waals surface area contributed by atoms with E-state index in [9.17, 15) is 18.0 Å². The molecule has 0 aliphatic carbocycles. The van der Waals surface area contributed by atoms with Crippen molar-refractivity contribution >= 4 is 11.9 Å². The SMILES string of the molecule is CON(Cc1nnn(C)n1)Cc1nc(C(F)(F)F)ccc1C(=O)Nc1nnnn1C. The van der Waals surface area contributed by atoms with Crippen LogP contribution in [0.15, 0.2) is 12.1 Å². The lowest BCUT2D eigenvalue weighted by Gasteiger charge is -2.19. The zero-order chi connectivity index (χ0) is 21.9. The Morgan fingerprint density at radius 1 is 1.20 bits per heavy atom. The van der Waals surface area contributed by atoms with E-state index in [-0.39, 0.29) is 36.1 Å². The molecular formula is C14H16F3N11O2. The Kier molecular flexibility index (Phi) is 5.97. The minimum atomic E-state index is -4.69. The number of carbonyl (C=O) groups excluding carboxylic acids is 1. The molecule has 1 amide bonds. The molecule has 0 aromatic carbocycles. The van der Waals surface area contributed by atoms with Crippen LogP contribution >= 0.6 is 0 Å². The first-order valence-corrected chi connectivity index (χ1v) is 8.30. The molecule has 0 unspecified atom stereocenters. The van der Waals surface area contributed by atoms with Crippen LogP contribution in [0.3, 0.4) is 0 Å². The van der Waals surface area contributed by atoms with Crippen molar-refractivity contribution in [3.63, 3.8) is 0 Å². The topological polar surface area (TPSA) is 142 Å². The highest BCUT2D eigenvalue weighted by Crippen LogP contribution is 2.29. The second-order valence-corrected chi connectivity index (χ2v) is 5.94. The highest BCUT2D eigenvalue weighted by molar-refractivity contribution is 6.04. The van der Waals surface area contributed by atoms with Gasteiger partial charge in [-0.3, -0.25) is 10.1 Å². The smallest absolute Gasteiger partial charge is 0.301 e. The van der Waals surface area contributed by atoms with E-state index < -0.39 is 17.8 Å². The van der Waals surface area contributed by atoms with Gasteiger partial charge >= 0.3 is 6.18 Å². The number of halogens is 3. The number of pyridine rings is 1. The van der Waals surface area contributed by atoms with Gasteiger partial charge in [0.05, 0.1) is 38.5 Å². The van der Waals surface area contributed by atoms with Crippen LogP contribution in [0.4, 0.5) is 19.1 Å². The summed E-state index contributed by atoms with van der Waals surface area (Å²) in [5.41, 5.74) is -1.44. The van der Waals surface area contributed by atoms with Gasteiger partial charge in [0.15, 0.2) is 5.82 Å². The van der Waals surface area contributed by atoms with Gasteiger partial charge in [0.25, 0.3) is 5.91 Å². The first-order chi connectivity index (χ1) is 14.2. The monoisotopic (exact) mass is 427 g/mol. The molecule has 3 rings (SSSR count). The Morgan fingerprint density at radius 3 is 2.53 bits per heavy atom. The number of aryl methyl sites for hydroxylation is 2. The highest BCUT2D eigenvalue weighted by Gasteiger charge is 2.34. The highest BCUT2D eigenvalue weighted by atomic mass is 19.4. The zero-order valence-electron chi connectivity index (χ0n) is 16.0. The average Bonchev–Trinajstić information content (AvgIpc) is 3.28. The summed E-state index contributed by atoms with van der Waals surface area (Å²) in [6, 6.07) is 1.74. The lowest BCUT2D eigenvalue weighted by molar-refractivity contribution is -0.151. The van der Waals surface area contributed by atoms with Crippen LogP contribution in [-0.2, 0) is 38.2 Å². The number of alkyl halides is 3. The number of carbonyl (C=O) groups is 1. The number of anilines is 1. The van der Waals surface area contributed by atoms with Crippen LogP contribution in [-0.4, -0.2) is 63.5 Å². The minimum Gasteiger partial charge on any atom is -0.301 e. The number of rotatable bonds is 7. The fraction of sp³-hybridized carbons (Fsp3) is 0.429. The molecule has 0 aliphatic heterocycles. The first-order valence-electron chi connectivity index (χ1n) is 8.30. The van der Waals surface area contributed by atoms with Crippen LogP contribution in [0.25, 0.3) is 0 Å². The number of tetrazole rings is 2. The average molecular weight is 427 g/mol. The van der Waals surface area contributed by atoms with E-state index in [1.165, 1.54) is 28.7 Å². The Balaban J connectivity index is 1.90. The Bertz CT molecular complexity index is 1030. The van der Waals surface area contributed by atoms with Gasteiger partial charge < -0.3 is 4.84 Å². The number of hydroxylamine groups is 2. The van der Waals surface area contributed by atoms with Crippen molar-refractivity contribution in [2.45, 2.75) is 19.3 Å². The summed E-state index contributed by atoms with van der Waals surface area (Å²) >= 11 is 0. The molecule has 0 radical (unpaired) electrons. The molecule has 3 heterocycles. The van der Waals surface area contributed by atoms with Crippen molar-refractivity contribution in [3.8, 4) is 0 Å². The standard InChI is InChI=1S/C14H16F3N11O2/c1-26-13(21-23-25-26)19-12(29)8-4-5-10(14(15,16)17)18-9(8)6-28(30-3)7-11-20-24-27(2)22-11/h4-5H,6-7H2,1-3H3,(H,19,21,25,29). The van der Waals surface area contributed by atoms with Crippen LogP contribution in [0.1, 0.15) is 27.6 Å². The van der Waals surface area contributed by atoms with Crippen LogP contribution in [0.5, 0.6) is 0 Å². The second kappa shape index (κ2) is 8.46. The van der Waals surface area contributed by atoms with E-state index in [4.69, 9.17) is 4.84 Å². The Morgan fingerprint density at radius 2 is 1.97 bits per heavy atom. The van der Waals surface area contributed by atoms with Crippen molar-refractivity contribution in [2.75, 3.05) is 12.4 Å². The molecule has 0 atom stereocenters. The van der Waals surface area contributed by atoms with Gasteiger partial charge in [-0.2, -0.15) is 23.0 Å². The fourth-order valence-electron chi connectivity index (χ4n) is 2.39. The summed E-state index contributed by atoms with van der Waals surface area (Å²) in [4.78, 5) is 22.7. The minimum absolute atomic E-state index is 0.00344. The van der Waals surface area contributed by atoms with E-state index in [1.54, 1.807) is 7.05 Å². The van der Waals surface area contributed by atoms with Gasteiger partial charge in [-0.25, -0.2) is 9.67 Å². The van der Waals surface area contributed by atoms with Gasteiger partial charge in [-0.05, 0) is 27.8 Å². The summed E-state index contributed by atoms with van der Waals surface area (Å²) in [5, 5.41) is 25.7. The lowest BCUT2D eigenvalue weighted by Crippen LogP contribution is -2.26. The van der Waals surface area contributed by atoms with E-state index >= 15 is 0 Å². The van der Waals surface area contributed by atoms with E-state index in [1.807, 2.05) is 0 Å². The predicted octanol–water partition coefficient (Wildman–Crippen LogP) is -0.0367. The predicted molar refractivity (Wildman–Crippen MR) is 91.0 cm³/mol. The second-order valence-electron chi connectivity index (χ2n) is 5.94. The molecule has 0 fully saturated rings. The summed E-state index contributed by atoms with van der Waals surface area (Å²) in [6.45, 7) is -0.269. The van der Waals surface area contributed by atoms with Crippen LogP contribution in [0, 0.1) is 0 Å². The number of hydrogen-bond donors (Lipinski definition) is 1. The van der Waals surface area contributed by atoms with Gasteiger partial charge in [0.2, 0.25) is 5.95 Å². The van der Waals surface area contributed by atoms with Crippen molar-refractivity contribution in [2.24, 2.45) is 14.1 Å². The molecule has 160 valence electrons. The van der Waals surface area contributed by atoms with Crippen molar-refractivity contribution in [3.05, 3.63) is 34.9 Å². The molecule has 0 saturated heterocycles. The molecule has 0 spiro atoms. The molecule has 30 heavy (non-hydrogen) atoms. The van der Waals surface area contributed by atoms with Crippen molar-refractivity contribution < 1.29 is 22.8 Å². The van der Waals surface area contributed by atoms with Crippen LogP contribution in [0.2, 0.25) is 0 Å². The van der Waals surface area contributed by atoms with Crippen molar-refractivity contribution in [1.82, 2.24) is 50.5 Å². The fourth-order valence-corrected chi connectivity index (χ4v) is 2.39. The van der Waals surface area contributed by atoms with Crippen LogP contribution < -0.4 is 5.32 Å². The third-order valence-corrected chi connectivity index (χ3v) is 3.81. The largest absolute Gasteiger partial charge is 0.433 e. The zero-order valence-corrected chi connectivity index (χ0v) is 16.0. The van der Waals surface area contributed by atoms with Gasteiger partial charge in [-0.1, -0.05) is 5.10 Å². The number of nitrogens with one attached hydrogen (secondary N) is 1. The molecule has 3 aromatic heterocycles. The normalized spacial score (nSPS) is 11.8. The summed E-state index contributed by atoms with van der Waals surface area (Å²) in [6.07, 6.45) is -4.69. The summed E-state index contributed by atoms with van der Waals surface area (Å²) < 4.78 is 40.7. The van der Waals surface area contributed by atoms with Gasteiger partial charge in [0, 0.05) is 7.05 Å². The third kappa shape index (κ3) is 4.90. The maximum Gasteiger partial charge on any atom is 0.433 e. The first kappa shape index (κ1) is 21.2.